The van der Waals surface area contributed by atoms with Crippen molar-refractivity contribution < 1.29 is 14.8 Å². The molecular formula is C13H7N5O6. The predicted molar refractivity (Wildman–Crippen MR) is 81.7 cm³/mol. The molecule has 0 saturated heterocycles. The highest BCUT2D eigenvalue weighted by atomic mass is 16.6. The SMILES string of the molecule is N/N=C1/c2cc([N+](=O)[O-])ccc2-c2c1cc([N+](=O)[O-])cc2[N+](=O)[O-]. The average Bonchev–Trinajstić information content (AvgIpc) is 2.86. The highest BCUT2D eigenvalue weighted by Crippen LogP contribution is 2.45. The van der Waals surface area contributed by atoms with Crippen molar-refractivity contribution in [1.29, 1.82) is 0 Å². The molecule has 0 amide bonds. The van der Waals surface area contributed by atoms with E-state index in [0.717, 1.165) is 12.1 Å². The van der Waals surface area contributed by atoms with Crippen LogP contribution in [-0.4, -0.2) is 20.5 Å². The van der Waals surface area contributed by atoms with E-state index in [-0.39, 0.29) is 28.1 Å². The summed E-state index contributed by atoms with van der Waals surface area (Å²) in [5.74, 6) is 5.32. The van der Waals surface area contributed by atoms with E-state index in [1.54, 1.807) is 0 Å². The maximum atomic E-state index is 11.3. The second-order valence-corrected chi connectivity index (χ2v) is 4.87. The second kappa shape index (κ2) is 5.08. The summed E-state index contributed by atoms with van der Waals surface area (Å²) < 4.78 is 0. The number of hydrogen-bond donors (Lipinski definition) is 1. The molecule has 1 aliphatic rings. The Balaban J connectivity index is 2.39. The number of rotatable bonds is 3. The van der Waals surface area contributed by atoms with Crippen LogP contribution < -0.4 is 5.84 Å². The largest absolute Gasteiger partial charge is 0.323 e. The lowest BCUT2D eigenvalue weighted by Gasteiger charge is -2.02. The molecule has 2 aromatic carbocycles. The van der Waals surface area contributed by atoms with Gasteiger partial charge in [-0.25, -0.2) is 0 Å². The van der Waals surface area contributed by atoms with E-state index in [0.29, 0.717) is 5.56 Å². The molecule has 0 bridgehead atoms. The van der Waals surface area contributed by atoms with E-state index in [9.17, 15) is 30.3 Å². The number of fused-ring (bicyclic) bond motifs is 3. The summed E-state index contributed by atoms with van der Waals surface area (Å²) in [6.45, 7) is 0. The van der Waals surface area contributed by atoms with Gasteiger partial charge >= 0.3 is 0 Å². The minimum atomic E-state index is -0.771. The van der Waals surface area contributed by atoms with Crippen molar-refractivity contribution in [2.75, 3.05) is 0 Å². The van der Waals surface area contributed by atoms with Gasteiger partial charge in [0.25, 0.3) is 17.1 Å². The van der Waals surface area contributed by atoms with Crippen LogP contribution in [0.2, 0.25) is 0 Å². The lowest BCUT2D eigenvalue weighted by atomic mass is 10.0. The van der Waals surface area contributed by atoms with Crippen LogP contribution in [0.3, 0.4) is 0 Å². The molecule has 120 valence electrons. The van der Waals surface area contributed by atoms with Crippen molar-refractivity contribution in [1.82, 2.24) is 0 Å². The molecule has 11 heteroatoms. The Hall–Kier alpha value is -3.89. The first kappa shape index (κ1) is 15.0. The minimum absolute atomic E-state index is 0.0236. The van der Waals surface area contributed by atoms with Gasteiger partial charge in [0.05, 0.1) is 32.1 Å². The summed E-state index contributed by atoms with van der Waals surface area (Å²) in [4.78, 5) is 31.1. The number of non-ortho nitro benzene ring substituents is 2. The maximum absolute atomic E-state index is 11.3. The Kier molecular flexibility index (Phi) is 3.18. The van der Waals surface area contributed by atoms with E-state index < -0.39 is 26.1 Å². The maximum Gasteiger partial charge on any atom is 0.284 e. The number of nitrogens with zero attached hydrogens (tertiary/aromatic N) is 4. The third kappa shape index (κ3) is 2.03. The number of nitro groups is 3. The van der Waals surface area contributed by atoms with Gasteiger partial charge in [-0.3, -0.25) is 30.3 Å². The fourth-order valence-corrected chi connectivity index (χ4v) is 2.68. The average molecular weight is 329 g/mol. The normalized spacial score (nSPS) is 13.4. The summed E-state index contributed by atoms with van der Waals surface area (Å²) >= 11 is 0. The molecule has 3 rings (SSSR count). The molecule has 0 heterocycles. The Labute approximate surface area is 132 Å². The first-order chi connectivity index (χ1) is 11.3. The van der Waals surface area contributed by atoms with Crippen LogP contribution in [0.1, 0.15) is 11.1 Å². The molecule has 2 N–H and O–H groups in total. The molecule has 0 radical (unpaired) electrons. The van der Waals surface area contributed by atoms with E-state index in [1.165, 1.54) is 18.2 Å². The molecule has 0 fully saturated rings. The van der Waals surface area contributed by atoms with E-state index >= 15 is 0 Å². The molecule has 0 atom stereocenters. The van der Waals surface area contributed by atoms with Crippen LogP contribution in [0, 0.1) is 30.3 Å². The molecule has 24 heavy (non-hydrogen) atoms. The van der Waals surface area contributed by atoms with E-state index in [4.69, 9.17) is 5.84 Å². The van der Waals surface area contributed by atoms with Crippen LogP contribution in [0.15, 0.2) is 35.4 Å². The lowest BCUT2D eigenvalue weighted by Crippen LogP contribution is -2.04. The first-order valence-corrected chi connectivity index (χ1v) is 6.39. The quantitative estimate of drug-likeness (QED) is 0.435. The van der Waals surface area contributed by atoms with Gasteiger partial charge in [-0.15, -0.1) is 0 Å². The fourth-order valence-electron chi connectivity index (χ4n) is 2.68. The van der Waals surface area contributed by atoms with Crippen molar-refractivity contribution in [2.24, 2.45) is 10.9 Å². The number of hydrogen-bond acceptors (Lipinski definition) is 8. The topological polar surface area (TPSA) is 168 Å². The van der Waals surface area contributed by atoms with Gasteiger partial charge < -0.3 is 5.84 Å². The van der Waals surface area contributed by atoms with Crippen LogP contribution in [-0.2, 0) is 0 Å². The molecule has 0 aromatic heterocycles. The molecule has 0 aliphatic heterocycles. The molecule has 0 spiro atoms. The first-order valence-electron chi connectivity index (χ1n) is 6.39. The van der Waals surface area contributed by atoms with Crippen molar-refractivity contribution >= 4 is 22.8 Å². The van der Waals surface area contributed by atoms with E-state index in [2.05, 4.69) is 5.10 Å². The summed E-state index contributed by atoms with van der Waals surface area (Å²) in [5.41, 5.74) is -0.507. The van der Waals surface area contributed by atoms with Crippen molar-refractivity contribution in [3.8, 4) is 11.1 Å². The van der Waals surface area contributed by atoms with Crippen molar-refractivity contribution in [2.45, 2.75) is 0 Å². The number of hydrazone groups is 1. The zero-order valence-electron chi connectivity index (χ0n) is 11.7. The fraction of sp³-hybridized carbons (Fsp3) is 0. The zero-order valence-corrected chi connectivity index (χ0v) is 11.7. The second-order valence-electron chi connectivity index (χ2n) is 4.87. The third-order valence-electron chi connectivity index (χ3n) is 3.63. The summed E-state index contributed by atoms with van der Waals surface area (Å²) in [5, 5.41) is 36.8. The van der Waals surface area contributed by atoms with Crippen molar-refractivity contribution in [3.05, 3.63) is 71.8 Å². The lowest BCUT2D eigenvalue weighted by molar-refractivity contribution is -0.393. The van der Waals surface area contributed by atoms with Gasteiger partial charge in [0.1, 0.15) is 0 Å². The van der Waals surface area contributed by atoms with Crippen LogP contribution in [0.25, 0.3) is 11.1 Å². The zero-order chi connectivity index (χ0) is 17.6. The standard InChI is InChI=1S/C13H7N5O6/c14-15-13-9-3-6(16(19)20)1-2-8(9)12-10(13)4-7(17(21)22)5-11(12)18(23)24/h1-5H,14H2/b15-13-. The Morgan fingerprint density at radius 3 is 1.96 bits per heavy atom. The Morgan fingerprint density at radius 1 is 0.792 bits per heavy atom. The molecule has 2 aromatic rings. The Bertz CT molecular complexity index is 968. The molecule has 0 saturated carbocycles. The molecule has 11 nitrogen and oxygen atoms in total. The molecule has 0 unspecified atom stereocenters. The summed E-state index contributed by atoms with van der Waals surface area (Å²) in [6.07, 6.45) is 0. The molecular weight excluding hydrogens is 322 g/mol. The number of benzene rings is 2. The van der Waals surface area contributed by atoms with Gasteiger partial charge in [0, 0.05) is 29.3 Å². The van der Waals surface area contributed by atoms with Crippen LogP contribution in [0.5, 0.6) is 0 Å². The minimum Gasteiger partial charge on any atom is -0.323 e. The van der Waals surface area contributed by atoms with Crippen LogP contribution >= 0.6 is 0 Å². The van der Waals surface area contributed by atoms with Gasteiger partial charge in [-0.05, 0) is 11.6 Å². The predicted octanol–water partition coefficient (Wildman–Crippen LogP) is 2.10. The van der Waals surface area contributed by atoms with Gasteiger partial charge in [0.2, 0.25) is 0 Å². The van der Waals surface area contributed by atoms with Gasteiger partial charge in [-0.2, -0.15) is 5.10 Å². The number of nitrogens with two attached hydrogens (primary N) is 1. The van der Waals surface area contributed by atoms with Gasteiger partial charge in [-0.1, -0.05) is 0 Å². The van der Waals surface area contributed by atoms with Crippen molar-refractivity contribution in [3.63, 3.8) is 0 Å². The number of nitro benzene ring substituents is 3. The monoisotopic (exact) mass is 329 g/mol. The Morgan fingerprint density at radius 2 is 1.42 bits per heavy atom. The smallest absolute Gasteiger partial charge is 0.284 e. The van der Waals surface area contributed by atoms with Gasteiger partial charge in [0.15, 0.2) is 0 Å². The third-order valence-corrected chi connectivity index (χ3v) is 3.63. The highest BCUT2D eigenvalue weighted by Gasteiger charge is 2.35. The van der Waals surface area contributed by atoms with Crippen LogP contribution in [0.4, 0.5) is 17.1 Å². The molecule has 1 aliphatic carbocycles. The summed E-state index contributed by atoms with van der Waals surface area (Å²) in [6, 6.07) is 5.65. The van der Waals surface area contributed by atoms with E-state index in [1.807, 2.05) is 0 Å². The highest BCUT2D eigenvalue weighted by molar-refractivity contribution is 6.26. The summed E-state index contributed by atoms with van der Waals surface area (Å²) in [7, 11) is 0.